The lowest BCUT2D eigenvalue weighted by atomic mass is 9.92. The normalized spacial score (nSPS) is 16.2. The van der Waals surface area contributed by atoms with Gasteiger partial charge in [-0.15, -0.1) is 0 Å². The minimum Gasteiger partial charge on any atom is -0.200 e. The molecule has 0 spiro atoms. The quantitative estimate of drug-likeness (QED) is 0.386. The smallest absolute Gasteiger partial charge is 0.200 e. The summed E-state index contributed by atoms with van der Waals surface area (Å²) in [4.78, 5) is 0. The number of hydrogen-bond acceptors (Lipinski definition) is 0. The Bertz CT molecular complexity index is 486. The van der Waals surface area contributed by atoms with E-state index >= 15 is 0 Å². The Morgan fingerprint density at radius 1 is 0.423 bits per heavy atom. The standard InChI is InChI=1S/C11H9F15/c1-2-5(12,13)6(14,15)3-7(16,17)10(22,23)8(18,19)4-9(20,21)11(24,25)26/h2-4H2,1H3. The average Bonchev–Trinajstić information content (AvgIpc) is 2.34. The summed E-state index contributed by atoms with van der Waals surface area (Å²) < 4.78 is 191. The summed E-state index contributed by atoms with van der Waals surface area (Å²) in [5, 5.41) is 0. The van der Waals surface area contributed by atoms with Crippen molar-refractivity contribution >= 4 is 0 Å². The summed E-state index contributed by atoms with van der Waals surface area (Å²) in [6, 6.07) is 0. The van der Waals surface area contributed by atoms with Crippen molar-refractivity contribution in [3.05, 3.63) is 0 Å². The zero-order chi connectivity index (χ0) is 21.6. The van der Waals surface area contributed by atoms with E-state index < -0.39 is 61.0 Å². The predicted molar refractivity (Wildman–Crippen MR) is 55.3 cm³/mol. The van der Waals surface area contributed by atoms with Gasteiger partial charge in [-0.1, -0.05) is 6.92 Å². The topological polar surface area (TPSA) is 0 Å². The highest BCUT2D eigenvalue weighted by Gasteiger charge is 2.78. The number of halogens is 15. The maximum atomic E-state index is 13.2. The van der Waals surface area contributed by atoms with E-state index in [1.807, 2.05) is 0 Å². The molecule has 26 heavy (non-hydrogen) atoms. The first-order valence-electron chi connectivity index (χ1n) is 6.31. The molecule has 0 bridgehead atoms. The van der Waals surface area contributed by atoms with E-state index in [0.717, 1.165) is 0 Å². The van der Waals surface area contributed by atoms with Crippen LogP contribution in [-0.4, -0.2) is 41.7 Å². The molecule has 0 aromatic heterocycles. The highest BCUT2D eigenvalue weighted by Crippen LogP contribution is 2.56. The molecule has 0 heterocycles. The molecule has 158 valence electrons. The Morgan fingerprint density at radius 3 is 1.00 bits per heavy atom. The third kappa shape index (κ3) is 4.43. The van der Waals surface area contributed by atoms with Crippen LogP contribution in [0.5, 0.6) is 0 Å². The van der Waals surface area contributed by atoms with Gasteiger partial charge in [0.05, 0.1) is 12.8 Å². The molecule has 0 aromatic rings. The van der Waals surface area contributed by atoms with Crippen molar-refractivity contribution < 1.29 is 65.9 Å². The van der Waals surface area contributed by atoms with E-state index in [-0.39, 0.29) is 0 Å². The van der Waals surface area contributed by atoms with Gasteiger partial charge < -0.3 is 0 Å². The van der Waals surface area contributed by atoms with Crippen LogP contribution < -0.4 is 0 Å². The van der Waals surface area contributed by atoms with Crippen molar-refractivity contribution in [2.75, 3.05) is 0 Å². The Morgan fingerprint density at radius 2 is 0.731 bits per heavy atom. The average molecular weight is 426 g/mol. The zero-order valence-corrected chi connectivity index (χ0v) is 12.3. The second kappa shape index (κ2) is 6.53. The fourth-order valence-electron chi connectivity index (χ4n) is 1.54. The van der Waals surface area contributed by atoms with Crippen molar-refractivity contribution in [3.8, 4) is 0 Å². The Hall–Kier alpha value is -1.05. The molecule has 0 N–H and O–H groups in total. The van der Waals surface area contributed by atoms with Crippen LogP contribution >= 0.6 is 0 Å². The fourth-order valence-corrected chi connectivity index (χ4v) is 1.54. The van der Waals surface area contributed by atoms with Crippen molar-refractivity contribution in [2.24, 2.45) is 0 Å². The summed E-state index contributed by atoms with van der Waals surface area (Å²) in [5.74, 6) is -38.8. The Labute approximate surface area is 135 Å². The highest BCUT2D eigenvalue weighted by atomic mass is 19.4. The van der Waals surface area contributed by atoms with E-state index in [0.29, 0.717) is 6.92 Å². The molecular weight excluding hydrogens is 417 g/mol. The van der Waals surface area contributed by atoms with E-state index in [1.54, 1.807) is 0 Å². The molecule has 0 aliphatic rings. The molecule has 0 atom stereocenters. The first kappa shape index (κ1) is 24.9. The van der Waals surface area contributed by atoms with Gasteiger partial charge in [-0.3, -0.25) is 0 Å². The van der Waals surface area contributed by atoms with E-state index in [9.17, 15) is 65.9 Å². The molecule has 0 saturated carbocycles. The van der Waals surface area contributed by atoms with E-state index in [4.69, 9.17) is 0 Å². The largest absolute Gasteiger partial charge is 0.453 e. The van der Waals surface area contributed by atoms with Gasteiger partial charge in [0, 0.05) is 6.42 Å². The predicted octanol–water partition coefficient (Wildman–Crippen LogP) is 6.55. The van der Waals surface area contributed by atoms with Gasteiger partial charge in [0.2, 0.25) is 0 Å². The Balaban J connectivity index is 5.83. The number of hydrogen-bond donors (Lipinski definition) is 0. The Kier molecular flexibility index (Phi) is 6.27. The van der Waals surface area contributed by atoms with Gasteiger partial charge in [-0.25, -0.2) is 0 Å². The summed E-state index contributed by atoms with van der Waals surface area (Å²) in [6.45, 7) is 0.308. The van der Waals surface area contributed by atoms with Gasteiger partial charge in [0.1, 0.15) is 0 Å². The lowest BCUT2D eigenvalue weighted by Crippen LogP contribution is -2.60. The third-order valence-corrected chi connectivity index (χ3v) is 3.20. The van der Waals surface area contributed by atoms with Crippen LogP contribution in [-0.2, 0) is 0 Å². The molecule has 0 aliphatic heterocycles. The van der Waals surface area contributed by atoms with Crippen LogP contribution in [0, 0.1) is 0 Å². The minimum absolute atomic E-state index is 0.308. The van der Waals surface area contributed by atoms with Gasteiger partial charge in [0.25, 0.3) is 0 Å². The molecule has 0 fully saturated rings. The van der Waals surface area contributed by atoms with Crippen molar-refractivity contribution in [2.45, 2.75) is 67.9 Å². The number of alkyl halides is 15. The van der Waals surface area contributed by atoms with Crippen LogP contribution in [0.1, 0.15) is 26.2 Å². The molecule has 0 radical (unpaired) electrons. The van der Waals surface area contributed by atoms with Gasteiger partial charge in [-0.05, 0) is 0 Å². The molecule has 0 nitrogen and oxygen atoms in total. The molecule has 0 amide bonds. The van der Waals surface area contributed by atoms with Crippen molar-refractivity contribution in [3.63, 3.8) is 0 Å². The maximum Gasteiger partial charge on any atom is 0.453 e. The monoisotopic (exact) mass is 426 g/mol. The van der Waals surface area contributed by atoms with Gasteiger partial charge >= 0.3 is 41.7 Å². The molecule has 0 aliphatic carbocycles. The van der Waals surface area contributed by atoms with E-state index in [2.05, 4.69) is 0 Å². The zero-order valence-electron chi connectivity index (χ0n) is 12.3. The van der Waals surface area contributed by atoms with Crippen molar-refractivity contribution in [1.29, 1.82) is 0 Å². The SMILES string of the molecule is CCC(F)(F)C(F)(F)CC(F)(F)C(F)(F)C(F)(F)CC(F)(F)C(F)(F)F. The highest BCUT2D eigenvalue weighted by molar-refractivity contribution is 5.03. The lowest BCUT2D eigenvalue weighted by molar-refractivity contribution is -0.362. The molecular formula is C11H9F15. The van der Waals surface area contributed by atoms with Gasteiger partial charge in [-0.2, -0.15) is 65.9 Å². The second-order valence-electron chi connectivity index (χ2n) is 5.30. The van der Waals surface area contributed by atoms with Crippen LogP contribution in [0.3, 0.4) is 0 Å². The van der Waals surface area contributed by atoms with Crippen LogP contribution in [0.15, 0.2) is 0 Å². The first-order valence-corrected chi connectivity index (χ1v) is 6.31. The summed E-state index contributed by atoms with van der Waals surface area (Å²) >= 11 is 0. The summed E-state index contributed by atoms with van der Waals surface area (Å²) in [5.41, 5.74) is 0. The van der Waals surface area contributed by atoms with Crippen LogP contribution in [0.25, 0.3) is 0 Å². The van der Waals surface area contributed by atoms with Gasteiger partial charge in [0.15, 0.2) is 0 Å². The van der Waals surface area contributed by atoms with Crippen molar-refractivity contribution in [1.82, 2.24) is 0 Å². The minimum atomic E-state index is -7.22. The molecule has 0 unspecified atom stereocenters. The van der Waals surface area contributed by atoms with Crippen LogP contribution in [0.2, 0.25) is 0 Å². The summed E-state index contributed by atoms with van der Waals surface area (Å²) in [6.07, 6.45) is -16.9. The lowest BCUT2D eigenvalue weighted by Gasteiger charge is -2.37. The first-order chi connectivity index (χ1) is 11.0. The molecule has 0 saturated heterocycles. The van der Waals surface area contributed by atoms with E-state index in [1.165, 1.54) is 0 Å². The molecule has 0 aromatic carbocycles. The second-order valence-corrected chi connectivity index (χ2v) is 5.30. The maximum absolute atomic E-state index is 13.2. The third-order valence-electron chi connectivity index (χ3n) is 3.20. The molecule has 15 heteroatoms. The number of rotatable bonds is 8. The van der Waals surface area contributed by atoms with Crippen LogP contribution in [0.4, 0.5) is 65.9 Å². The fraction of sp³-hybridized carbons (Fsp3) is 1.00. The summed E-state index contributed by atoms with van der Waals surface area (Å²) in [7, 11) is 0. The molecule has 0 rings (SSSR count).